The number of ether oxygens (including phenoxy) is 1. The van der Waals surface area contributed by atoms with Gasteiger partial charge in [0.15, 0.2) is 5.82 Å². The van der Waals surface area contributed by atoms with E-state index in [0.717, 1.165) is 54.6 Å². The summed E-state index contributed by atoms with van der Waals surface area (Å²) >= 11 is 0. The molecule has 3 aromatic carbocycles. The van der Waals surface area contributed by atoms with E-state index >= 15 is 0 Å². The van der Waals surface area contributed by atoms with Crippen LogP contribution in [0.15, 0.2) is 78.9 Å². The van der Waals surface area contributed by atoms with Crippen LogP contribution in [0.5, 0.6) is 5.75 Å². The highest BCUT2D eigenvalue weighted by Crippen LogP contribution is 2.30. The Morgan fingerprint density at radius 2 is 1.68 bits per heavy atom. The standard InChI is InChI=1S/C26H27FN6O/c1-34-24-9-5-8-23(18-24)31-14-16-32(17-15-31)25(21-10-12-22(27)13-11-21)26-28-29-30-33(26)19-20-6-3-2-4-7-20/h2-13,18,25H,14-17,19H2,1H3. The van der Waals surface area contributed by atoms with Crippen molar-refractivity contribution < 1.29 is 9.13 Å². The van der Waals surface area contributed by atoms with Gasteiger partial charge >= 0.3 is 0 Å². The molecule has 34 heavy (non-hydrogen) atoms. The van der Waals surface area contributed by atoms with Crippen LogP contribution in [0, 0.1) is 5.82 Å². The molecule has 0 aliphatic carbocycles. The molecule has 4 aromatic rings. The number of hydrogen-bond donors (Lipinski definition) is 0. The van der Waals surface area contributed by atoms with Gasteiger partial charge in [-0.15, -0.1) is 5.10 Å². The zero-order valence-electron chi connectivity index (χ0n) is 19.1. The Hall–Kier alpha value is -3.78. The molecule has 1 aliphatic rings. The van der Waals surface area contributed by atoms with Crippen molar-refractivity contribution in [2.24, 2.45) is 0 Å². The van der Waals surface area contributed by atoms with E-state index in [9.17, 15) is 4.39 Å². The molecule has 1 aliphatic heterocycles. The molecule has 0 radical (unpaired) electrons. The zero-order valence-corrected chi connectivity index (χ0v) is 19.1. The average molecular weight is 459 g/mol. The topological polar surface area (TPSA) is 59.3 Å². The maximum atomic E-state index is 13.7. The number of benzene rings is 3. The van der Waals surface area contributed by atoms with E-state index in [1.54, 1.807) is 7.11 Å². The number of methoxy groups -OCH3 is 1. The van der Waals surface area contributed by atoms with E-state index in [0.29, 0.717) is 6.54 Å². The van der Waals surface area contributed by atoms with Gasteiger partial charge in [-0.05, 0) is 45.8 Å². The third kappa shape index (κ3) is 4.77. The predicted octanol–water partition coefficient (Wildman–Crippen LogP) is 3.78. The molecule has 0 spiro atoms. The Labute approximate surface area is 198 Å². The van der Waals surface area contributed by atoms with Crippen LogP contribution >= 0.6 is 0 Å². The van der Waals surface area contributed by atoms with Gasteiger partial charge in [0.1, 0.15) is 11.6 Å². The summed E-state index contributed by atoms with van der Waals surface area (Å²) in [5.74, 6) is 1.35. The molecule has 5 rings (SSSR count). The number of aromatic nitrogens is 4. The summed E-state index contributed by atoms with van der Waals surface area (Å²) in [5, 5.41) is 12.7. The van der Waals surface area contributed by atoms with Gasteiger partial charge in [0.05, 0.1) is 19.7 Å². The summed E-state index contributed by atoms with van der Waals surface area (Å²) in [7, 11) is 1.68. The lowest BCUT2D eigenvalue weighted by atomic mass is 10.0. The third-order valence-electron chi connectivity index (χ3n) is 6.26. The lowest BCUT2D eigenvalue weighted by Crippen LogP contribution is -2.48. The first-order valence-electron chi connectivity index (χ1n) is 11.4. The fourth-order valence-electron chi connectivity index (χ4n) is 4.49. The summed E-state index contributed by atoms with van der Waals surface area (Å²) in [6, 6.07) is 24.8. The average Bonchev–Trinajstić information content (AvgIpc) is 3.34. The summed E-state index contributed by atoms with van der Waals surface area (Å²) in [6.45, 7) is 3.91. The largest absolute Gasteiger partial charge is 0.497 e. The van der Waals surface area contributed by atoms with Crippen LogP contribution in [0.2, 0.25) is 0 Å². The highest BCUT2D eigenvalue weighted by molar-refractivity contribution is 5.51. The fraction of sp³-hybridized carbons (Fsp3) is 0.269. The van der Waals surface area contributed by atoms with E-state index in [1.807, 2.05) is 47.1 Å². The molecule has 7 nitrogen and oxygen atoms in total. The highest BCUT2D eigenvalue weighted by atomic mass is 19.1. The fourth-order valence-corrected chi connectivity index (χ4v) is 4.49. The van der Waals surface area contributed by atoms with Gasteiger partial charge in [-0.25, -0.2) is 9.07 Å². The number of hydrogen-bond acceptors (Lipinski definition) is 6. The van der Waals surface area contributed by atoms with Crippen molar-refractivity contribution in [2.75, 3.05) is 38.2 Å². The first kappa shape index (κ1) is 22.0. The minimum Gasteiger partial charge on any atom is -0.497 e. The zero-order chi connectivity index (χ0) is 23.3. The van der Waals surface area contributed by atoms with Gasteiger partial charge < -0.3 is 9.64 Å². The van der Waals surface area contributed by atoms with E-state index < -0.39 is 0 Å². The number of tetrazole rings is 1. The van der Waals surface area contributed by atoms with Crippen molar-refractivity contribution in [3.63, 3.8) is 0 Å². The number of anilines is 1. The molecule has 0 amide bonds. The highest BCUT2D eigenvalue weighted by Gasteiger charge is 2.31. The summed E-state index contributed by atoms with van der Waals surface area (Å²) in [6.07, 6.45) is 0. The maximum absolute atomic E-state index is 13.7. The lowest BCUT2D eigenvalue weighted by molar-refractivity contribution is 0.201. The number of halogens is 1. The molecule has 1 atom stereocenters. The molecule has 1 saturated heterocycles. The second-order valence-electron chi connectivity index (χ2n) is 8.36. The molecule has 2 heterocycles. The summed E-state index contributed by atoms with van der Waals surface area (Å²) in [4.78, 5) is 4.73. The van der Waals surface area contributed by atoms with Crippen molar-refractivity contribution >= 4 is 5.69 Å². The van der Waals surface area contributed by atoms with Gasteiger partial charge in [-0.1, -0.05) is 48.5 Å². The normalized spacial score (nSPS) is 15.3. The number of piperazine rings is 1. The van der Waals surface area contributed by atoms with E-state index in [2.05, 4.69) is 49.6 Å². The molecular formula is C26H27FN6O. The Morgan fingerprint density at radius 1 is 0.912 bits per heavy atom. The Balaban J connectivity index is 1.41. The Morgan fingerprint density at radius 3 is 2.41 bits per heavy atom. The lowest BCUT2D eigenvalue weighted by Gasteiger charge is -2.40. The smallest absolute Gasteiger partial charge is 0.173 e. The molecule has 174 valence electrons. The minimum absolute atomic E-state index is 0.174. The van der Waals surface area contributed by atoms with E-state index in [4.69, 9.17) is 4.74 Å². The second kappa shape index (κ2) is 10.0. The summed E-state index contributed by atoms with van der Waals surface area (Å²) in [5.41, 5.74) is 3.24. The third-order valence-corrected chi connectivity index (χ3v) is 6.26. The molecule has 1 fully saturated rings. The first-order chi connectivity index (χ1) is 16.7. The first-order valence-corrected chi connectivity index (χ1v) is 11.4. The van der Waals surface area contributed by atoms with E-state index in [1.165, 1.54) is 12.1 Å². The molecule has 0 saturated carbocycles. The molecule has 0 bridgehead atoms. The van der Waals surface area contributed by atoms with Crippen LogP contribution in [0.3, 0.4) is 0 Å². The monoisotopic (exact) mass is 458 g/mol. The molecule has 1 unspecified atom stereocenters. The molecule has 8 heteroatoms. The van der Waals surface area contributed by atoms with Crippen LogP contribution in [-0.2, 0) is 6.54 Å². The van der Waals surface area contributed by atoms with Gasteiger partial charge in [0.2, 0.25) is 0 Å². The Bertz CT molecular complexity index is 1210. The predicted molar refractivity (Wildman–Crippen MR) is 128 cm³/mol. The SMILES string of the molecule is COc1cccc(N2CCN(C(c3ccc(F)cc3)c3nnnn3Cc3ccccc3)CC2)c1. The van der Waals surface area contributed by atoms with Gasteiger partial charge in [0, 0.05) is 37.9 Å². The van der Waals surface area contributed by atoms with Crippen LogP contribution < -0.4 is 9.64 Å². The number of rotatable bonds is 7. The molecule has 1 aromatic heterocycles. The molecule has 0 N–H and O–H groups in total. The van der Waals surface area contributed by atoms with Crippen LogP contribution in [0.4, 0.5) is 10.1 Å². The minimum atomic E-state index is -0.255. The van der Waals surface area contributed by atoms with Crippen molar-refractivity contribution in [3.8, 4) is 5.75 Å². The van der Waals surface area contributed by atoms with Crippen LogP contribution in [0.25, 0.3) is 0 Å². The quantitative estimate of drug-likeness (QED) is 0.420. The van der Waals surface area contributed by atoms with Crippen molar-refractivity contribution in [2.45, 2.75) is 12.6 Å². The molecular weight excluding hydrogens is 431 g/mol. The van der Waals surface area contributed by atoms with Gasteiger partial charge in [-0.3, -0.25) is 4.90 Å². The van der Waals surface area contributed by atoms with E-state index in [-0.39, 0.29) is 11.9 Å². The van der Waals surface area contributed by atoms with Crippen LogP contribution in [-0.4, -0.2) is 58.4 Å². The van der Waals surface area contributed by atoms with Gasteiger partial charge in [-0.2, -0.15) is 0 Å². The van der Waals surface area contributed by atoms with Crippen molar-refractivity contribution in [1.29, 1.82) is 0 Å². The second-order valence-corrected chi connectivity index (χ2v) is 8.36. The number of nitrogens with zero attached hydrogens (tertiary/aromatic N) is 6. The Kier molecular flexibility index (Phi) is 6.49. The maximum Gasteiger partial charge on any atom is 0.173 e. The summed E-state index contributed by atoms with van der Waals surface area (Å²) < 4.78 is 21.0. The van der Waals surface area contributed by atoms with Crippen molar-refractivity contribution in [3.05, 3.63) is 102 Å². The van der Waals surface area contributed by atoms with Crippen molar-refractivity contribution in [1.82, 2.24) is 25.1 Å². The van der Waals surface area contributed by atoms with Crippen LogP contribution in [0.1, 0.15) is 23.0 Å². The van der Waals surface area contributed by atoms with Gasteiger partial charge in [0.25, 0.3) is 0 Å².